The van der Waals surface area contributed by atoms with E-state index >= 15 is 0 Å². The first-order chi connectivity index (χ1) is 6.56. The van der Waals surface area contributed by atoms with Crippen LogP contribution in [0.3, 0.4) is 0 Å². The molecule has 0 aliphatic rings. The highest BCUT2D eigenvalue weighted by Gasteiger charge is 2.02. The van der Waals surface area contributed by atoms with E-state index in [2.05, 4.69) is 22.2 Å². The second kappa shape index (κ2) is 7.25. The zero-order valence-corrected chi connectivity index (χ0v) is 9.72. The quantitative estimate of drug-likeness (QED) is 0.424. The first kappa shape index (κ1) is 12.8. The minimum Gasteiger partial charge on any atom is -0.452 e. The number of nitrogens with one attached hydrogen (secondary N) is 1. The van der Waals surface area contributed by atoms with Crippen molar-refractivity contribution in [1.82, 2.24) is 5.32 Å². The summed E-state index contributed by atoms with van der Waals surface area (Å²) in [6.45, 7) is 10.3. The third-order valence-corrected chi connectivity index (χ3v) is 1.25. The molecular weight excluding hydrogens is 176 g/mol. The van der Waals surface area contributed by atoms with Crippen LogP contribution in [-0.2, 0) is 4.74 Å². The lowest BCUT2D eigenvalue weighted by molar-refractivity contribution is 0.329. The van der Waals surface area contributed by atoms with Crippen LogP contribution in [0.15, 0.2) is 4.99 Å². The molecule has 3 nitrogen and oxygen atoms in total. The van der Waals surface area contributed by atoms with E-state index < -0.39 is 0 Å². The van der Waals surface area contributed by atoms with Crippen molar-refractivity contribution in [3.05, 3.63) is 0 Å². The summed E-state index contributed by atoms with van der Waals surface area (Å²) < 4.78 is 5.37. The van der Waals surface area contributed by atoms with Gasteiger partial charge in [-0.2, -0.15) is 0 Å². The van der Waals surface area contributed by atoms with E-state index in [0.717, 1.165) is 0 Å². The van der Waals surface area contributed by atoms with E-state index in [4.69, 9.17) is 4.74 Å². The van der Waals surface area contributed by atoms with Crippen LogP contribution in [0.25, 0.3) is 0 Å². The van der Waals surface area contributed by atoms with Crippen LogP contribution < -0.4 is 5.32 Å². The molecule has 0 fully saturated rings. The summed E-state index contributed by atoms with van der Waals surface area (Å²) in [5.74, 6) is 5.60. The molecule has 80 valence electrons. The van der Waals surface area contributed by atoms with Crippen LogP contribution in [0, 0.1) is 11.8 Å². The molecule has 0 aliphatic heterocycles. The standard InChI is InChI=1S/C11H20N2O/c1-6-7-8-14-11(12-9(2)3)13-10(4)5/h9-10H,8H2,1-5H3,(H,12,13). The monoisotopic (exact) mass is 196 g/mol. The molecule has 3 heteroatoms. The summed E-state index contributed by atoms with van der Waals surface area (Å²) in [4.78, 5) is 4.30. The van der Waals surface area contributed by atoms with Gasteiger partial charge in [0.05, 0.1) is 0 Å². The maximum Gasteiger partial charge on any atom is 0.286 e. The van der Waals surface area contributed by atoms with Crippen LogP contribution in [0.1, 0.15) is 34.6 Å². The molecule has 0 aliphatic carbocycles. The Balaban J connectivity index is 4.15. The van der Waals surface area contributed by atoms with E-state index in [9.17, 15) is 0 Å². The van der Waals surface area contributed by atoms with Crippen molar-refractivity contribution in [2.45, 2.75) is 46.7 Å². The first-order valence-electron chi connectivity index (χ1n) is 4.93. The minimum absolute atomic E-state index is 0.228. The summed E-state index contributed by atoms with van der Waals surface area (Å²) in [6, 6.07) is 1.13. The number of rotatable bonds is 3. The molecule has 14 heavy (non-hydrogen) atoms. The second-order valence-corrected chi connectivity index (χ2v) is 3.54. The molecule has 0 heterocycles. The highest BCUT2D eigenvalue weighted by atomic mass is 16.5. The highest BCUT2D eigenvalue weighted by Crippen LogP contribution is 1.90. The molecule has 0 atom stereocenters. The SMILES string of the molecule is CC#CCOC(=NC(C)C)NC(C)C. The number of ether oxygens (including phenoxy) is 1. The molecule has 0 rings (SSSR count). The molecule has 0 radical (unpaired) electrons. The molecule has 0 amide bonds. The van der Waals surface area contributed by atoms with Gasteiger partial charge in [0.15, 0.2) is 6.61 Å². The van der Waals surface area contributed by atoms with E-state index in [1.54, 1.807) is 6.92 Å². The van der Waals surface area contributed by atoms with Crippen molar-refractivity contribution >= 4 is 6.02 Å². The van der Waals surface area contributed by atoms with Gasteiger partial charge in [-0.1, -0.05) is 5.92 Å². The van der Waals surface area contributed by atoms with Gasteiger partial charge in [-0.25, -0.2) is 4.99 Å². The summed E-state index contributed by atoms with van der Waals surface area (Å²) in [6.07, 6.45) is 0. The number of hydrogen-bond donors (Lipinski definition) is 1. The Morgan fingerprint density at radius 2 is 2.00 bits per heavy atom. The lowest BCUT2D eigenvalue weighted by Crippen LogP contribution is -2.33. The molecule has 0 spiro atoms. The Morgan fingerprint density at radius 3 is 2.43 bits per heavy atom. The predicted molar refractivity (Wildman–Crippen MR) is 60.2 cm³/mol. The average molecular weight is 196 g/mol. The predicted octanol–water partition coefficient (Wildman–Crippen LogP) is 1.79. The molecule has 0 unspecified atom stereocenters. The number of nitrogens with zero attached hydrogens (tertiary/aromatic N) is 1. The van der Waals surface area contributed by atoms with Crippen LogP contribution in [0.4, 0.5) is 0 Å². The number of amidine groups is 1. The Morgan fingerprint density at radius 1 is 1.36 bits per heavy atom. The molecular formula is C11H20N2O. The van der Waals surface area contributed by atoms with Crippen LogP contribution >= 0.6 is 0 Å². The summed E-state index contributed by atoms with van der Waals surface area (Å²) in [5, 5.41) is 3.13. The third-order valence-electron chi connectivity index (χ3n) is 1.25. The van der Waals surface area contributed by atoms with Crippen LogP contribution in [0.2, 0.25) is 0 Å². The van der Waals surface area contributed by atoms with Gasteiger partial charge in [-0.05, 0) is 34.6 Å². The van der Waals surface area contributed by atoms with Gasteiger partial charge in [0.2, 0.25) is 0 Å². The molecule has 0 aromatic carbocycles. The van der Waals surface area contributed by atoms with Crippen molar-refractivity contribution in [2.75, 3.05) is 6.61 Å². The lowest BCUT2D eigenvalue weighted by Gasteiger charge is -2.13. The molecule has 0 aromatic rings. The first-order valence-corrected chi connectivity index (χ1v) is 4.93. The lowest BCUT2D eigenvalue weighted by atomic mass is 10.4. The highest BCUT2D eigenvalue weighted by molar-refractivity contribution is 5.74. The normalized spacial score (nSPS) is 11.2. The van der Waals surface area contributed by atoms with E-state index in [1.165, 1.54) is 0 Å². The zero-order valence-electron chi connectivity index (χ0n) is 9.72. The van der Waals surface area contributed by atoms with E-state index in [0.29, 0.717) is 18.7 Å². The van der Waals surface area contributed by atoms with Gasteiger partial charge < -0.3 is 10.1 Å². The molecule has 1 N–H and O–H groups in total. The smallest absolute Gasteiger partial charge is 0.286 e. The zero-order chi connectivity index (χ0) is 11.0. The number of hydrogen-bond acceptors (Lipinski definition) is 2. The maximum absolute atomic E-state index is 5.37. The Bertz CT molecular complexity index is 233. The summed E-state index contributed by atoms with van der Waals surface area (Å²) in [5.41, 5.74) is 0. The Labute approximate surface area is 86.9 Å². The maximum atomic E-state index is 5.37. The molecule has 0 saturated carbocycles. The van der Waals surface area contributed by atoms with Crippen molar-refractivity contribution in [3.63, 3.8) is 0 Å². The fourth-order valence-electron chi connectivity index (χ4n) is 0.774. The van der Waals surface area contributed by atoms with Crippen LogP contribution in [-0.4, -0.2) is 24.7 Å². The van der Waals surface area contributed by atoms with Gasteiger partial charge in [0, 0.05) is 12.1 Å². The van der Waals surface area contributed by atoms with Crippen molar-refractivity contribution in [3.8, 4) is 11.8 Å². The average Bonchev–Trinajstić information content (AvgIpc) is 2.02. The number of aliphatic imine (C=N–C) groups is 1. The van der Waals surface area contributed by atoms with Gasteiger partial charge >= 0.3 is 0 Å². The molecule has 0 saturated heterocycles. The largest absolute Gasteiger partial charge is 0.452 e. The fraction of sp³-hybridized carbons (Fsp3) is 0.727. The van der Waals surface area contributed by atoms with E-state index in [-0.39, 0.29) is 6.04 Å². The van der Waals surface area contributed by atoms with Crippen molar-refractivity contribution in [2.24, 2.45) is 4.99 Å². The molecule has 0 aromatic heterocycles. The van der Waals surface area contributed by atoms with Crippen LogP contribution in [0.5, 0.6) is 0 Å². The Kier molecular flexibility index (Phi) is 6.65. The van der Waals surface area contributed by atoms with Gasteiger partial charge in [-0.3, -0.25) is 0 Å². The third kappa shape index (κ3) is 7.48. The Hall–Kier alpha value is -1.17. The van der Waals surface area contributed by atoms with E-state index in [1.807, 2.05) is 27.7 Å². The summed E-state index contributed by atoms with van der Waals surface area (Å²) >= 11 is 0. The topological polar surface area (TPSA) is 33.6 Å². The minimum atomic E-state index is 0.228. The molecule has 0 bridgehead atoms. The fourth-order valence-corrected chi connectivity index (χ4v) is 0.774. The van der Waals surface area contributed by atoms with Gasteiger partial charge in [0.25, 0.3) is 6.02 Å². The van der Waals surface area contributed by atoms with Crippen molar-refractivity contribution in [1.29, 1.82) is 0 Å². The summed E-state index contributed by atoms with van der Waals surface area (Å²) in [7, 11) is 0. The van der Waals surface area contributed by atoms with Gasteiger partial charge in [-0.15, -0.1) is 5.92 Å². The second-order valence-electron chi connectivity index (χ2n) is 3.54. The van der Waals surface area contributed by atoms with Gasteiger partial charge in [0.1, 0.15) is 0 Å². The van der Waals surface area contributed by atoms with Crippen molar-refractivity contribution < 1.29 is 4.74 Å².